The van der Waals surface area contributed by atoms with Crippen molar-refractivity contribution in [3.05, 3.63) is 30.3 Å². The number of ketones is 1. The van der Waals surface area contributed by atoms with Crippen molar-refractivity contribution < 1.29 is 23.5 Å². The predicted octanol–water partition coefficient (Wildman–Crippen LogP) is 6.63. The molecule has 4 aromatic rings. The average molecular weight is 596 g/mol. The predicted molar refractivity (Wildman–Crippen MR) is 160 cm³/mol. The summed E-state index contributed by atoms with van der Waals surface area (Å²) in [6.07, 6.45) is 7.65. The summed E-state index contributed by atoms with van der Waals surface area (Å²) in [5, 5.41) is 4.94. The second-order valence-electron chi connectivity index (χ2n) is 11.2. The number of anilines is 2. The van der Waals surface area contributed by atoms with E-state index < -0.39 is 17.5 Å². The van der Waals surface area contributed by atoms with Crippen molar-refractivity contribution in [1.29, 1.82) is 0 Å². The Hall–Kier alpha value is -4.00. The summed E-state index contributed by atoms with van der Waals surface area (Å²) in [6.45, 7) is 5.92. The molecule has 42 heavy (non-hydrogen) atoms. The van der Waals surface area contributed by atoms with Crippen molar-refractivity contribution in [3.63, 3.8) is 0 Å². The van der Waals surface area contributed by atoms with E-state index in [1.165, 1.54) is 48.2 Å². The Morgan fingerprint density at radius 3 is 2.60 bits per heavy atom. The van der Waals surface area contributed by atoms with Crippen LogP contribution in [-0.4, -0.2) is 61.7 Å². The molecule has 3 aromatic heterocycles. The van der Waals surface area contributed by atoms with Crippen LogP contribution in [0.15, 0.2) is 29.7 Å². The van der Waals surface area contributed by atoms with Gasteiger partial charge in [-0.1, -0.05) is 31.0 Å². The molecule has 1 aromatic carbocycles. The minimum atomic E-state index is -0.720. The maximum absolute atomic E-state index is 15.0. The number of Topliss-reactive ketones (excluding diaryl/α,β-unsaturated/α-hetero) is 1. The largest absolute Gasteiger partial charge is 0.443 e. The van der Waals surface area contributed by atoms with E-state index >= 15 is 0 Å². The fourth-order valence-electron chi connectivity index (χ4n) is 4.63. The second-order valence-corrected chi connectivity index (χ2v) is 12.1. The number of thioether (sulfide) groups is 1. The lowest BCUT2D eigenvalue weighted by Crippen LogP contribution is -2.34. The number of carbonyl (C=O) groups is 2. The number of rotatable bonds is 1. The smallest absolute Gasteiger partial charge is 0.414 e. The van der Waals surface area contributed by atoms with Gasteiger partial charge in [-0.05, 0) is 45.7 Å². The monoisotopic (exact) mass is 595 g/mol. The van der Waals surface area contributed by atoms with E-state index in [0.717, 1.165) is 32.1 Å². The summed E-state index contributed by atoms with van der Waals surface area (Å²) in [4.78, 5) is 47.3. The van der Waals surface area contributed by atoms with Crippen molar-refractivity contribution in [2.75, 3.05) is 29.6 Å². The Morgan fingerprint density at radius 2 is 1.83 bits per heavy atom. The van der Waals surface area contributed by atoms with Gasteiger partial charge in [0.2, 0.25) is 0 Å². The number of amides is 1. The Bertz CT molecular complexity index is 1600. The maximum Gasteiger partial charge on any atom is 0.414 e. The van der Waals surface area contributed by atoms with Crippen LogP contribution in [0.1, 0.15) is 59.3 Å². The van der Waals surface area contributed by atoms with Gasteiger partial charge in [-0.2, -0.15) is 9.97 Å². The molecule has 2 aliphatic heterocycles. The van der Waals surface area contributed by atoms with Gasteiger partial charge in [0, 0.05) is 25.4 Å². The van der Waals surface area contributed by atoms with Crippen molar-refractivity contribution in [2.45, 2.75) is 70.1 Å². The molecule has 0 atom stereocenters. The number of nitrogens with one attached hydrogen (secondary N) is 2. The maximum atomic E-state index is 15.0. The summed E-state index contributed by atoms with van der Waals surface area (Å²) in [5.41, 5.74) is 0.483. The molecular formula is C29H34FN7O4S. The molecule has 0 saturated heterocycles. The topological polar surface area (TPSA) is 135 Å². The number of fused-ring (bicyclic) bond motifs is 15. The molecule has 0 spiro atoms. The summed E-state index contributed by atoms with van der Waals surface area (Å²) >= 11 is 1.30. The number of aromatic nitrogens is 5. The number of hydrogen-bond donors (Lipinski definition) is 2. The Balaban J connectivity index is 1.55. The number of H-pyrrole nitrogens is 1. The van der Waals surface area contributed by atoms with Gasteiger partial charge >= 0.3 is 12.1 Å². The number of nitrogens with zero attached hydrogens (tertiary/aromatic N) is 5. The Labute approximate surface area is 247 Å². The molecule has 0 fully saturated rings. The van der Waals surface area contributed by atoms with Crippen molar-refractivity contribution in [2.24, 2.45) is 0 Å². The first-order valence-corrected chi connectivity index (χ1v) is 14.9. The lowest BCUT2D eigenvalue weighted by atomic mass is 10.1. The first kappa shape index (κ1) is 29.5. The first-order valence-electron chi connectivity index (χ1n) is 14.0. The van der Waals surface area contributed by atoms with Crippen LogP contribution in [0.25, 0.3) is 21.9 Å². The third kappa shape index (κ3) is 7.07. The van der Waals surface area contributed by atoms with E-state index in [1.807, 2.05) is 0 Å². The fraction of sp³-hybridized carbons (Fsp3) is 0.448. The van der Waals surface area contributed by atoms with Crippen LogP contribution < -0.4 is 15.0 Å². The number of ether oxygens (including phenoxy) is 2. The van der Waals surface area contributed by atoms with Gasteiger partial charge in [0.1, 0.15) is 28.7 Å². The van der Waals surface area contributed by atoms with Crippen LogP contribution in [0.5, 0.6) is 11.8 Å². The molecule has 0 radical (unpaired) electrons. The van der Waals surface area contributed by atoms with Gasteiger partial charge in [0.15, 0.2) is 10.9 Å². The minimum absolute atomic E-state index is 0.0381. The molecule has 2 N–H and O–H groups in total. The SMILES string of the molecule is CN(C(=O)OC(C)(C)C)c1cc(F)cc2c1[nH]c1nc3nc(c12)NCCCCCCCC(=O)CSc1ncc(cn1)O3. The van der Waals surface area contributed by atoms with Gasteiger partial charge in [0.25, 0.3) is 0 Å². The van der Waals surface area contributed by atoms with Crippen LogP contribution in [0.4, 0.5) is 20.7 Å². The number of hydrogen-bond acceptors (Lipinski definition) is 10. The number of carbonyl (C=O) groups excluding carboxylic acids is 2. The Kier molecular flexibility index (Phi) is 8.76. The van der Waals surface area contributed by atoms with Crippen LogP contribution in [0, 0.1) is 5.82 Å². The zero-order chi connectivity index (χ0) is 29.9. The van der Waals surface area contributed by atoms with Gasteiger partial charge < -0.3 is 19.8 Å². The molecule has 0 aliphatic carbocycles. The van der Waals surface area contributed by atoms with Crippen LogP contribution in [0.3, 0.4) is 0 Å². The third-order valence-electron chi connectivity index (χ3n) is 6.61. The molecule has 11 nitrogen and oxygen atoms in total. The highest BCUT2D eigenvalue weighted by Gasteiger charge is 2.25. The molecule has 5 heterocycles. The molecular weight excluding hydrogens is 561 g/mol. The number of halogens is 1. The molecule has 0 unspecified atom stereocenters. The van der Waals surface area contributed by atoms with E-state index in [-0.39, 0.29) is 11.8 Å². The molecule has 0 saturated carbocycles. The van der Waals surface area contributed by atoms with Gasteiger partial charge in [-0.3, -0.25) is 9.69 Å². The van der Waals surface area contributed by atoms with E-state index in [0.29, 0.717) is 63.1 Å². The highest BCUT2D eigenvalue weighted by atomic mass is 32.2. The van der Waals surface area contributed by atoms with Crippen molar-refractivity contribution >= 4 is 57.1 Å². The third-order valence-corrected chi connectivity index (χ3v) is 7.55. The summed E-state index contributed by atoms with van der Waals surface area (Å²) in [5.74, 6) is 0.785. The minimum Gasteiger partial charge on any atom is -0.443 e. The van der Waals surface area contributed by atoms with E-state index in [4.69, 9.17) is 9.47 Å². The van der Waals surface area contributed by atoms with E-state index in [2.05, 4.69) is 30.2 Å². The number of benzene rings is 1. The lowest BCUT2D eigenvalue weighted by molar-refractivity contribution is -0.116. The average Bonchev–Trinajstić information content (AvgIpc) is 3.30. The molecule has 2 aliphatic rings. The Morgan fingerprint density at radius 1 is 1.10 bits per heavy atom. The standard InChI is InChI=1S/C29H34FN7O4S/c1-29(2,3)41-28(39)37(4)21-13-17(30)12-20-22-24-31-11-9-7-5-6-8-10-18(38)16-42-27-32-14-19(15-33-27)40-26(35-24)36-25(22)34-23(20)21/h12-15H,5-11,16H2,1-4H3,(H2,31,34,35,36). The highest BCUT2D eigenvalue weighted by Crippen LogP contribution is 2.37. The number of aromatic amines is 1. The lowest BCUT2D eigenvalue weighted by Gasteiger charge is -2.25. The van der Waals surface area contributed by atoms with Crippen LogP contribution in [-0.2, 0) is 9.53 Å². The molecule has 222 valence electrons. The zero-order valence-electron chi connectivity index (χ0n) is 24.1. The van der Waals surface area contributed by atoms with Crippen LogP contribution in [0.2, 0.25) is 0 Å². The van der Waals surface area contributed by atoms with Crippen LogP contribution >= 0.6 is 11.8 Å². The molecule has 6 rings (SSSR count). The normalized spacial score (nSPS) is 15.4. The van der Waals surface area contributed by atoms with Gasteiger partial charge in [0.05, 0.1) is 34.7 Å². The highest BCUT2D eigenvalue weighted by molar-refractivity contribution is 7.99. The molecule has 1 amide bonds. The van der Waals surface area contributed by atoms with E-state index in [9.17, 15) is 14.0 Å². The second kappa shape index (κ2) is 12.5. The first-order chi connectivity index (χ1) is 20.1. The van der Waals surface area contributed by atoms with Crippen molar-refractivity contribution in [3.8, 4) is 11.8 Å². The summed E-state index contributed by atoms with van der Waals surface area (Å²) in [6, 6.07) is 2.71. The van der Waals surface area contributed by atoms with Crippen molar-refractivity contribution in [1.82, 2.24) is 24.9 Å². The zero-order valence-corrected chi connectivity index (χ0v) is 24.9. The molecule has 13 heteroatoms. The van der Waals surface area contributed by atoms with E-state index in [1.54, 1.807) is 20.8 Å². The fourth-order valence-corrected chi connectivity index (χ4v) is 5.32. The summed E-state index contributed by atoms with van der Waals surface area (Å²) < 4.78 is 26.4. The molecule has 4 bridgehead atoms. The summed E-state index contributed by atoms with van der Waals surface area (Å²) in [7, 11) is 1.53. The van der Waals surface area contributed by atoms with Gasteiger partial charge in [-0.15, -0.1) is 0 Å². The quantitative estimate of drug-likeness (QED) is 0.231. The van der Waals surface area contributed by atoms with Gasteiger partial charge in [-0.25, -0.2) is 19.2 Å².